The molecular formula is C8H13FN4. The predicted molar refractivity (Wildman–Crippen MR) is 50.6 cm³/mol. The van der Waals surface area contributed by atoms with E-state index < -0.39 is 6.17 Å². The van der Waals surface area contributed by atoms with Gasteiger partial charge in [0.15, 0.2) is 0 Å². The molecule has 0 unspecified atom stereocenters. The summed E-state index contributed by atoms with van der Waals surface area (Å²) in [7, 11) is 0. The lowest BCUT2D eigenvalue weighted by molar-refractivity contribution is 0.102. The summed E-state index contributed by atoms with van der Waals surface area (Å²) in [6, 6.07) is 0. The van der Waals surface area contributed by atoms with Crippen LogP contribution in [0.2, 0.25) is 0 Å². The summed E-state index contributed by atoms with van der Waals surface area (Å²) in [4.78, 5) is 5.42. The van der Waals surface area contributed by atoms with Crippen molar-refractivity contribution in [2.75, 3.05) is 13.1 Å². The van der Waals surface area contributed by atoms with Crippen molar-refractivity contribution in [3.63, 3.8) is 0 Å². The monoisotopic (exact) mass is 184 g/mol. The molecule has 0 aliphatic carbocycles. The number of allylic oxidation sites excluding steroid dienone is 1. The second-order valence-corrected chi connectivity index (χ2v) is 2.84. The molecule has 1 heterocycles. The molecular weight excluding hydrogens is 171 g/mol. The fourth-order valence-electron chi connectivity index (χ4n) is 1.04. The molecule has 0 saturated carbocycles. The zero-order valence-electron chi connectivity index (χ0n) is 7.28. The molecule has 0 aromatic carbocycles. The molecule has 0 aromatic heterocycles. The van der Waals surface area contributed by atoms with Crippen molar-refractivity contribution in [3.05, 3.63) is 24.2 Å². The summed E-state index contributed by atoms with van der Waals surface area (Å²) >= 11 is 0. The average Bonchev–Trinajstić information content (AvgIpc) is 1.99. The lowest BCUT2D eigenvalue weighted by atomic mass is 10.1. The van der Waals surface area contributed by atoms with Crippen molar-refractivity contribution in [2.45, 2.75) is 6.17 Å². The smallest absolute Gasteiger partial charge is 0.135 e. The first-order valence-electron chi connectivity index (χ1n) is 3.93. The third kappa shape index (κ3) is 2.47. The van der Waals surface area contributed by atoms with Crippen molar-refractivity contribution in [2.24, 2.45) is 16.5 Å². The van der Waals surface area contributed by atoms with Gasteiger partial charge < -0.3 is 16.4 Å². The topological polar surface area (TPSA) is 67.6 Å². The maximum absolute atomic E-state index is 12.4. The molecule has 0 aromatic rings. The number of alkyl halides is 1. The van der Waals surface area contributed by atoms with E-state index in [2.05, 4.69) is 11.6 Å². The molecule has 72 valence electrons. The van der Waals surface area contributed by atoms with Gasteiger partial charge in [-0.05, 0) is 0 Å². The highest BCUT2D eigenvalue weighted by Crippen LogP contribution is 2.17. The highest BCUT2D eigenvalue weighted by atomic mass is 19.1. The fourth-order valence-corrected chi connectivity index (χ4v) is 1.04. The molecule has 0 bridgehead atoms. The molecule has 0 radical (unpaired) electrons. The summed E-state index contributed by atoms with van der Waals surface area (Å²) in [5.74, 6) is 0.273. The van der Waals surface area contributed by atoms with E-state index in [1.807, 2.05) is 0 Å². The predicted octanol–water partition coefficient (Wildman–Crippen LogP) is -0.0591. The Bertz CT molecular complexity index is 253. The Balaban J connectivity index is 2.45. The van der Waals surface area contributed by atoms with E-state index in [0.717, 1.165) is 6.34 Å². The number of nitrogens with zero attached hydrogens (tertiary/aromatic N) is 2. The maximum atomic E-state index is 12.4. The van der Waals surface area contributed by atoms with Crippen LogP contribution in [0.25, 0.3) is 0 Å². The van der Waals surface area contributed by atoms with E-state index in [1.54, 1.807) is 11.0 Å². The van der Waals surface area contributed by atoms with Crippen LogP contribution in [0, 0.1) is 0 Å². The van der Waals surface area contributed by atoms with Crippen LogP contribution in [-0.2, 0) is 0 Å². The Morgan fingerprint density at radius 1 is 1.62 bits per heavy atom. The van der Waals surface area contributed by atoms with Gasteiger partial charge in [0, 0.05) is 11.8 Å². The van der Waals surface area contributed by atoms with Crippen molar-refractivity contribution < 1.29 is 4.39 Å². The number of hydrogen-bond acceptors (Lipinski definition) is 3. The molecule has 1 fully saturated rings. The lowest BCUT2D eigenvalue weighted by Crippen LogP contribution is -2.46. The summed E-state index contributed by atoms with van der Waals surface area (Å²) in [6.07, 6.45) is 1.92. The number of hydrogen-bond donors (Lipinski definition) is 2. The first kappa shape index (κ1) is 9.57. The van der Waals surface area contributed by atoms with Gasteiger partial charge in [0.2, 0.25) is 0 Å². The normalized spacial score (nSPS) is 19.2. The zero-order chi connectivity index (χ0) is 9.84. The van der Waals surface area contributed by atoms with Crippen LogP contribution in [0.4, 0.5) is 4.39 Å². The lowest BCUT2D eigenvalue weighted by Gasteiger charge is -2.36. The minimum absolute atomic E-state index is 0.273. The fraction of sp³-hybridized carbons (Fsp3) is 0.375. The molecule has 4 nitrogen and oxygen atoms in total. The molecule has 1 rings (SSSR count). The molecule has 0 atom stereocenters. The van der Waals surface area contributed by atoms with Crippen molar-refractivity contribution in [1.82, 2.24) is 4.90 Å². The molecule has 0 amide bonds. The molecule has 5 heteroatoms. The van der Waals surface area contributed by atoms with Crippen LogP contribution in [0.15, 0.2) is 29.2 Å². The number of likely N-dealkylation sites (tertiary alicyclic amines) is 1. The van der Waals surface area contributed by atoms with Crippen LogP contribution >= 0.6 is 0 Å². The molecule has 1 aliphatic heterocycles. The largest absolute Gasteiger partial charge is 0.390 e. The van der Waals surface area contributed by atoms with Crippen molar-refractivity contribution in [1.29, 1.82) is 0 Å². The number of halogens is 1. The van der Waals surface area contributed by atoms with E-state index >= 15 is 0 Å². The number of aliphatic imine (C=N–C) groups is 1. The molecule has 0 spiro atoms. The van der Waals surface area contributed by atoms with Gasteiger partial charge in [-0.2, -0.15) is 0 Å². The molecule has 1 saturated heterocycles. The highest BCUT2D eigenvalue weighted by Gasteiger charge is 2.26. The second kappa shape index (κ2) is 3.93. The number of rotatable bonds is 3. The van der Waals surface area contributed by atoms with Gasteiger partial charge >= 0.3 is 0 Å². The first-order chi connectivity index (χ1) is 6.13. The van der Waals surface area contributed by atoms with Gasteiger partial charge in [-0.3, -0.25) is 0 Å². The van der Waals surface area contributed by atoms with E-state index in [0.29, 0.717) is 18.8 Å². The standard InChI is InChI=1S/C8H13FN4/c1-6(2-8(11)12-5-10)13-3-7(9)4-13/h2,5,7H,1,3-4,11H2,(H2,10,12)/b8-2-. The maximum Gasteiger partial charge on any atom is 0.135 e. The SMILES string of the molecule is C=C(/C=C(N)\N=C/N)N1CC(F)C1. The van der Waals surface area contributed by atoms with Crippen LogP contribution < -0.4 is 11.5 Å². The van der Waals surface area contributed by atoms with Crippen molar-refractivity contribution >= 4 is 6.34 Å². The van der Waals surface area contributed by atoms with Crippen LogP contribution in [0.1, 0.15) is 0 Å². The molecule has 1 aliphatic rings. The van der Waals surface area contributed by atoms with Gasteiger partial charge in [0.25, 0.3) is 0 Å². The van der Waals surface area contributed by atoms with E-state index in [-0.39, 0.29) is 5.82 Å². The average molecular weight is 184 g/mol. The summed E-state index contributed by atoms with van der Waals surface area (Å²) in [5.41, 5.74) is 11.1. The van der Waals surface area contributed by atoms with Crippen LogP contribution in [-0.4, -0.2) is 30.5 Å². The third-order valence-electron chi connectivity index (χ3n) is 1.78. The molecule has 4 N–H and O–H groups in total. The van der Waals surface area contributed by atoms with Gasteiger partial charge in [0.1, 0.15) is 12.0 Å². The minimum atomic E-state index is -0.746. The molecule has 13 heavy (non-hydrogen) atoms. The van der Waals surface area contributed by atoms with Gasteiger partial charge in [-0.15, -0.1) is 0 Å². The Labute approximate surface area is 76.4 Å². The summed E-state index contributed by atoms with van der Waals surface area (Å²) in [6.45, 7) is 4.49. The quantitative estimate of drug-likeness (QED) is 0.367. The summed E-state index contributed by atoms with van der Waals surface area (Å²) in [5, 5.41) is 0. The Kier molecular flexibility index (Phi) is 2.89. The van der Waals surface area contributed by atoms with Crippen LogP contribution in [0.3, 0.4) is 0 Å². The summed E-state index contributed by atoms with van der Waals surface area (Å²) < 4.78 is 12.4. The Morgan fingerprint density at radius 2 is 2.23 bits per heavy atom. The van der Waals surface area contributed by atoms with E-state index in [9.17, 15) is 4.39 Å². The number of nitrogens with two attached hydrogens (primary N) is 2. The Hall–Kier alpha value is -1.52. The minimum Gasteiger partial charge on any atom is -0.390 e. The zero-order valence-corrected chi connectivity index (χ0v) is 7.28. The van der Waals surface area contributed by atoms with Crippen LogP contribution in [0.5, 0.6) is 0 Å². The van der Waals surface area contributed by atoms with E-state index in [1.165, 1.54) is 0 Å². The second-order valence-electron chi connectivity index (χ2n) is 2.84. The highest BCUT2D eigenvalue weighted by molar-refractivity contribution is 5.53. The third-order valence-corrected chi connectivity index (χ3v) is 1.78. The first-order valence-corrected chi connectivity index (χ1v) is 3.93. The van der Waals surface area contributed by atoms with Crippen molar-refractivity contribution in [3.8, 4) is 0 Å². The Morgan fingerprint density at radius 3 is 2.69 bits per heavy atom. The van der Waals surface area contributed by atoms with Gasteiger partial charge in [0.05, 0.1) is 19.4 Å². The van der Waals surface area contributed by atoms with E-state index in [4.69, 9.17) is 11.5 Å². The van der Waals surface area contributed by atoms with Gasteiger partial charge in [-0.1, -0.05) is 6.58 Å². The van der Waals surface area contributed by atoms with Gasteiger partial charge in [-0.25, -0.2) is 9.38 Å².